The molecule has 176 valence electrons. The Hall–Kier alpha value is -3.14. The Bertz CT molecular complexity index is 1140. The van der Waals surface area contributed by atoms with Gasteiger partial charge in [0.25, 0.3) is 5.92 Å². The summed E-state index contributed by atoms with van der Waals surface area (Å²) in [6.45, 7) is 5.83. The Balaban J connectivity index is 1.71. The van der Waals surface area contributed by atoms with Crippen LogP contribution in [0.15, 0.2) is 30.6 Å². The van der Waals surface area contributed by atoms with Gasteiger partial charge >= 0.3 is 0 Å². The number of likely N-dealkylation sites (N-methyl/N-ethyl adjacent to an activating group) is 1. The van der Waals surface area contributed by atoms with Crippen molar-refractivity contribution in [3.63, 3.8) is 0 Å². The number of piperazine rings is 1. The molecule has 3 heterocycles. The SMILES string of the molecule is COc1nc2ncnc(N[C@H](C)c3cccc(C(C)(F)F)c3F)c2cc1N1CCN(C)CC1. The quantitative estimate of drug-likeness (QED) is 0.591. The number of anilines is 2. The molecule has 1 aromatic carbocycles. The molecule has 0 saturated carbocycles. The Morgan fingerprint density at radius 1 is 1.15 bits per heavy atom. The van der Waals surface area contributed by atoms with Crippen molar-refractivity contribution in [1.82, 2.24) is 19.9 Å². The van der Waals surface area contributed by atoms with Crippen molar-refractivity contribution in [2.45, 2.75) is 25.8 Å². The molecule has 0 radical (unpaired) electrons. The van der Waals surface area contributed by atoms with Crippen LogP contribution in [0.25, 0.3) is 11.0 Å². The van der Waals surface area contributed by atoms with Crippen molar-refractivity contribution >= 4 is 22.5 Å². The first kappa shape index (κ1) is 23.0. The second-order valence-electron chi connectivity index (χ2n) is 8.36. The predicted octanol–water partition coefficient (Wildman–Crippen LogP) is 4.21. The average Bonchev–Trinajstić information content (AvgIpc) is 2.78. The number of alkyl halides is 2. The molecule has 1 N–H and O–H groups in total. The lowest BCUT2D eigenvalue weighted by Crippen LogP contribution is -2.44. The van der Waals surface area contributed by atoms with E-state index in [-0.39, 0.29) is 5.56 Å². The normalized spacial score (nSPS) is 16.2. The molecule has 1 atom stereocenters. The summed E-state index contributed by atoms with van der Waals surface area (Å²) < 4.78 is 48.0. The van der Waals surface area contributed by atoms with Crippen molar-refractivity contribution in [2.24, 2.45) is 0 Å². The fourth-order valence-electron chi connectivity index (χ4n) is 4.01. The van der Waals surface area contributed by atoms with Crippen molar-refractivity contribution in [3.8, 4) is 5.88 Å². The van der Waals surface area contributed by atoms with Gasteiger partial charge in [-0.05, 0) is 20.0 Å². The zero-order chi connectivity index (χ0) is 23.8. The molecule has 0 spiro atoms. The van der Waals surface area contributed by atoms with Crippen LogP contribution < -0.4 is 15.0 Å². The number of fused-ring (bicyclic) bond motifs is 1. The molecule has 0 bridgehead atoms. The molecule has 1 aliphatic heterocycles. The van der Waals surface area contributed by atoms with Gasteiger partial charge in [-0.15, -0.1) is 0 Å². The van der Waals surface area contributed by atoms with Gasteiger partial charge in [-0.3, -0.25) is 0 Å². The van der Waals surface area contributed by atoms with Gasteiger partial charge in [-0.1, -0.05) is 18.2 Å². The third-order valence-electron chi connectivity index (χ3n) is 5.93. The van der Waals surface area contributed by atoms with Gasteiger partial charge in [0.1, 0.15) is 23.6 Å². The summed E-state index contributed by atoms with van der Waals surface area (Å²) in [5.41, 5.74) is 0.734. The summed E-state index contributed by atoms with van der Waals surface area (Å²) in [7, 11) is 3.64. The molecule has 10 heteroatoms. The van der Waals surface area contributed by atoms with Crippen LogP contribution in [0.4, 0.5) is 24.7 Å². The lowest BCUT2D eigenvalue weighted by atomic mass is 10.0. The van der Waals surface area contributed by atoms with Gasteiger partial charge in [0, 0.05) is 38.7 Å². The Morgan fingerprint density at radius 2 is 1.88 bits per heavy atom. The fourth-order valence-corrected chi connectivity index (χ4v) is 4.01. The smallest absolute Gasteiger partial charge is 0.273 e. The number of aromatic nitrogens is 3. The summed E-state index contributed by atoms with van der Waals surface area (Å²) in [4.78, 5) is 17.6. The third kappa shape index (κ3) is 4.66. The highest BCUT2D eigenvalue weighted by Gasteiger charge is 2.30. The average molecular weight is 461 g/mol. The molecule has 1 saturated heterocycles. The topological polar surface area (TPSA) is 66.4 Å². The maximum absolute atomic E-state index is 14.9. The summed E-state index contributed by atoms with van der Waals surface area (Å²) in [5, 5.41) is 3.79. The van der Waals surface area contributed by atoms with E-state index in [0.29, 0.717) is 29.7 Å². The number of methoxy groups -OCH3 is 1. The molecular weight excluding hydrogens is 433 g/mol. The van der Waals surface area contributed by atoms with Crippen molar-refractivity contribution < 1.29 is 17.9 Å². The highest BCUT2D eigenvalue weighted by molar-refractivity contribution is 5.90. The monoisotopic (exact) mass is 460 g/mol. The van der Waals surface area contributed by atoms with Crippen molar-refractivity contribution in [1.29, 1.82) is 0 Å². The number of halogens is 3. The highest BCUT2D eigenvalue weighted by atomic mass is 19.3. The summed E-state index contributed by atoms with van der Waals surface area (Å²) in [6, 6.07) is 5.31. The summed E-state index contributed by atoms with van der Waals surface area (Å²) in [6.07, 6.45) is 1.35. The predicted molar refractivity (Wildman–Crippen MR) is 122 cm³/mol. The van der Waals surface area contributed by atoms with Gasteiger partial charge in [0.05, 0.1) is 24.1 Å². The van der Waals surface area contributed by atoms with E-state index < -0.39 is 23.3 Å². The second kappa shape index (κ2) is 9.01. The van der Waals surface area contributed by atoms with Crippen LogP contribution in [0, 0.1) is 5.82 Å². The van der Waals surface area contributed by atoms with Crippen molar-refractivity contribution in [3.05, 3.63) is 47.5 Å². The van der Waals surface area contributed by atoms with E-state index >= 15 is 0 Å². The molecule has 4 rings (SSSR count). The van der Waals surface area contributed by atoms with E-state index in [4.69, 9.17) is 4.74 Å². The van der Waals surface area contributed by atoms with Gasteiger partial charge in [-0.25, -0.2) is 23.1 Å². The first-order valence-corrected chi connectivity index (χ1v) is 10.8. The maximum Gasteiger partial charge on any atom is 0.273 e. The number of nitrogens with one attached hydrogen (secondary N) is 1. The van der Waals surface area contributed by atoms with Crippen molar-refractivity contribution in [2.75, 3.05) is 50.6 Å². The molecule has 7 nitrogen and oxygen atoms in total. The van der Waals surface area contributed by atoms with Crippen LogP contribution in [0.3, 0.4) is 0 Å². The fraction of sp³-hybridized carbons (Fsp3) is 0.435. The molecule has 1 aliphatic rings. The van der Waals surface area contributed by atoms with Crippen LogP contribution in [0.2, 0.25) is 0 Å². The molecule has 2 aromatic heterocycles. The number of benzene rings is 1. The molecule has 33 heavy (non-hydrogen) atoms. The minimum Gasteiger partial charge on any atom is -0.479 e. The van der Waals surface area contributed by atoms with Crippen LogP contribution in [-0.2, 0) is 5.92 Å². The van der Waals surface area contributed by atoms with Gasteiger partial charge in [-0.2, -0.15) is 4.98 Å². The van der Waals surface area contributed by atoms with Crippen LogP contribution >= 0.6 is 0 Å². The molecule has 0 amide bonds. The minimum absolute atomic E-state index is 0.126. The molecule has 3 aromatic rings. The number of hydrogen-bond donors (Lipinski definition) is 1. The van der Waals surface area contributed by atoms with Crippen LogP contribution in [-0.4, -0.2) is 60.2 Å². The Labute approximate surface area is 190 Å². The van der Waals surface area contributed by atoms with E-state index in [2.05, 4.69) is 37.1 Å². The Morgan fingerprint density at radius 3 is 2.55 bits per heavy atom. The Kier molecular flexibility index (Phi) is 6.29. The summed E-state index contributed by atoms with van der Waals surface area (Å²) in [5.74, 6) is -3.31. The van der Waals surface area contributed by atoms with Crippen LogP contribution in [0.5, 0.6) is 5.88 Å². The van der Waals surface area contributed by atoms with Gasteiger partial charge in [0.15, 0.2) is 5.65 Å². The number of ether oxygens (including phenoxy) is 1. The molecule has 1 fully saturated rings. The minimum atomic E-state index is -3.28. The first-order valence-electron chi connectivity index (χ1n) is 10.8. The van der Waals surface area contributed by atoms with Gasteiger partial charge < -0.3 is 19.9 Å². The standard InChI is InChI=1S/C23H27F3N6O/c1-14(15-6-5-7-17(19(15)24)23(2,25)26)29-20-16-12-18(32-10-8-31(3)9-11-32)22(33-4)30-21(16)28-13-27-20/h5-7,12-14H,8-11H2,1-4H3,(H,27,28,29,30)/t14-/m1/s1. The lowest BCUT2D eigenvalue weighted by Gasteiger charge is -2.34. The zero-order valence-electron chi connectivity index (χ0n) is 19.1. The van der Waals surface area contributed by atoms with E-state index in [0.717, 1.165) is 37.9 Å². The van der Waals surface area contributed by atoms with E-state index in [1.165, 1.54) is 18.5 Å². The maximum atomic E-state index is 14.9. The van der Waals surface area contributed by atoms with Gasteiger partial charge in [0.2, 0.25) is 5.88 Å². The zero-order valence-corrected chi connectivity index (χ0v) is 19.1. The highest BCUT2D eigenvalue weighted by Crippen LogP contribution is 2.35. The third-order valence-corrected chi connectivity index (χ3v) is 5.93. The largest absolute Gasteiger partial charge is 0.479 e. The van der Waals surface area contributed by atoms with Crippen LogP contribution in [0.1, 0.15) is 31.0 Å². The second-order valence-corrected chi connectivity index (χ2v) is 8.36. The summed E-state index contributed by atoms with van der Waals surface area (Å²) >= 11 is 0. The van der Waals surface area contributed by atoms with E-state index in [1.807, 2.05) is 6.07 Å². The first-order chi connectivity index (χ1) is 15.7. The van der Waals surface area contributed by atoms with E-state index in [9.17, 15) is 13.2 Å². The number of pyridine rings is 1. The number of rotatable bonds is 6. The van der Waals surface area contributed by atoms with E-state index in [1.54, 1.807) is 14.0 Å². The lowest BCUT2D eigenvalue weighted by molar-refractivity contribution is 0.0136. The number of nitrogens with zero attached hydrogens (tertiary/aromatic N) is 5. The molecular formula is C23H27F3N6O. The molecule has 0 unspecified atom stereocenters. The number of hydrogen-bond acceptors (Lipinski definition) is 7. The molecule has 0 aliphatic carbocycles.